The van der Waals surface area contributed by atoms with Crippen LogP contribution in [0.5, 0.6) is 0 Å². The van der Waals surface area contributed by atoms with E-state index in [9.17, 15) is 4.79 Å². The SMILES string of the molecule is [CH2]C(=O)O[Si](C)(C)C1CCCCC1. The highest BCUT2D eigenvalue weighted by atomic mass is 28.4. The highest BCUT2D eigenvalue weighted by Gasteiger charge is 2.36. The molecule has 1 fully saturated rings. The molecule has 13 heavy (non-hydrogen) atoms. The molecule has 0 saturated heterocycles. The van der Waals surface area contributed by atoms with Gasteiger partial charge in [-0.05, 0) is 31.5 Å². The number of hydrogen-bond donors (Lipinski definition) is 0. The first kappa shape index (κ1) is 10.8. The van der Waals surface area contributed by atoms with Gasteiger partial charge >= 0.3 is 0 Å². The van der Waals surface area contributed by atoms with Gasteiger partial charge in [0.05, 0.1) is 6.92 Å². The Bertz CT molecular complexity index is 183. The molecule has 1 aliphatic carbocycles. The first-order chi connectivity index (χ1) is 6.02. The van der Waals surface area contributed by atoms with Crippen LogP contribution in [0.2, 0.25) is 18.6 Å². The highest BCUT2D eigenvalue weighted by Crippen LogP contribution is 2.37. The molecule has 1 rings (SSSR count). The maximum absolute atomic E-state index is 10.8. The molecule has 1 radical (unpaired) electrons. The standard InChI is InChI=1S/C10H19O2Si/c1-9(11)12-13(2,3)10-7-5-4-6-8-10/h10H,1,4-8H2,2-3H3. The van der Waals surface area contributed by atoms with Crippen LogP contribution in [0.25, 0.3) is 0 Å². The Kier molecular flexibility index (Phi) is 3.53. The lowest BCUT2D eigenvalue weighted by Gasteiger charge is -2.33. The van der Waals surface area contributed by atoms with Gasteiger partial charge in [-0.15, -0.1) is 0 Å². The highest BCUT2D eigenvalue weighted by molar-refractivity contribution is 6.74. The molecule has 0 amide bonds. The normalized spacial score (nSPS) is 19.9. The zero-order valence-corrected chi connectivity index (χ0v) is 9.64. The van der Waals surface area contributed by atoms with E-state index in [0.29, 0.717) is 5.54 Å². The van der Waals surface area contributed by atoms with Gasteiger partial charge in [0.1, 0.15) is 0 Å². The van der Waals surface area contributed by atoms with Gasteiger partial charge in [-0.3, -0.25) is 4.79 Å². The van der Waals surface area contributed by atoms with Crippen LogP contribution in [0.1, 0.15) is 32.1 Å². The monoisotopic (exact) mass is 199 g/mol. The van der Waals surface area contributed by atoms with Crippen LogP contribution >= 0.6 is 0 Å². The van der Waals surface area contributed by atoms with Gasteiger partial charge in [-0.2, -0.15) is 0 Å². The Morgan fingerprint density at radius 1 is 1.31 bits per heavy atom. The Labute approximate surface area is 81.8 Å². The molecular formula is C10H19O2Si. The van der Waals surface area contributed by atoms with Gasteiger partial charge in [0, 0.05) is 0 Å². The molecule has 75 valence electrons. The summed E-state index contributed by atoms with van der Waals surface area (Å²) in [6, 6.07) is 0. The fourth-order valence-electron chi connectivity index (χ4n) is 2.17. The zero-order chi connectivity index (χ0) is 9.90. The van der Waals surface area contributed by atoms with Crippen molar-refractivity contribution < 1.29 is 9.22 Å². The number of rotatable bonds is 2. The first-order valence-electron chi connectivity index (χ1n) is 5.07. The fraction of sp³-hybridized carbons (Fsp3) is 0.800. The topological polar surface area (TPSA) is 26.3 Å². The Hall–Kier alpha value is -0.313. The van der Waals surface area contributed by atoms with Crippen molar-refractivity contribution in [3.05, 3.63) is 6.92 Å². The fourth-order valence-corrected chi connectivity index (χ4v) is 4.73. The second-order valence-corrected chi connectivity index (χ2v) is 8.64. The summed E-state index contributed by atoms with van der Waals surface area (Å²) < 4.78 is 5.37. The summed E-state index contributed by atoms with van der Waals surface area (Å²) >= 11 is 0. The Morgan fingerprint density at radius 3 is 2.31 bits per heavy atom. The lowest BCUT2D eigenvalue weighted by molar-refractivity contribution is -0.130. The number of hydrogen-bond acceptors (Lipinski definition) is 2. The minimum absolute atomic E-state index is 0.345. The van der Waals surface area contributed by atoms with Crippen molar-refractivity contribution >= 4 is 14.3 Å². The van der Waals surface area contributed by atoms with E-state index in [2.05, 4.69) is 20.0 Å². The predicted octanol–water partition coefficient (Wildman–Crippen LogP) is 2.90. The molecule has 0 heterocycles. The predicted molar refractivity (Wildman–Crippen MR) is 55.8 cm³/mol. The van der Waals surface area contributed by atoms with Crippen LogP contribution < -0.4 is 0 Å². The number of carbonyl (C=O) groups is 1. The van der Waals surface area contributed by atoms with Crippen LogP contribution in [0, 0.1) is 6.92 Å². The summed E-state index contributed by atoms with van der Waals surface area (Å²) in [5.74, 6) is -0.345. The minimum Gasteiger partial charge on any atom is -0.519 e. The van der Waals surface area contributed by atoms with E-state index in [-0.39, 0.29) is 5.97 Å². The van der Waals surface area contributed by atoms with Crippen molar-refractivity contribution in [2.45, 2.75) is 50.7 Å². The average Bonchev–Trinajstić information content (AvgIpc) is 2.04. The molecule has 1 saturated carbocycles. The molecule has 0 aliphatic heterocycles. The molecule has 0 aromatic rings. The lowest BCUT2D eigenvalue weighted by atomic mass is 10.0. The van der Waals surface area contributed by atoms with Gasteiger partial charge in [0.15, 0.2) is 0 Å². The van der Waals surface area contributed by atoms with Crippen LogP contribution in [0.4, 0.5) is 0 Å². The van der Waals surface area contributed by atoms with Crippen LogP contribution in [-0.2, 0) is 9.22 Å². The molecule has 0 aromatic heterocycles. The van der Waals surface area contributed by atoms with E-state index in [4.69, 9.17) is 4.43 Å². The molecule has 0 atom stereocenters. The lowest BCUT2D eigenvalue weighted by Crippen LogP contribution is -2.39. The Morgan fingerprint density at radius 2 is 1.85 bits per heavy atom. The summed E-state index contributed by atoms with van der Waals surface area (Å²) in [6.45, 7) is 7.55. The van der Waals surface area contributed by atoms with Gasteiger partial charge in [0.2, 0.25) is 0 Å². The molecule has 0 unspecified atom stereocenters. The first-order valence-corrected chi connectivity index (χ1v) is 8.06. The van der Waals surface area contributed by atoms with Gasteiger partial charge in [-0.1, -0.05) is 19.3 Å². The molecule has 0 bridgehead atoms. The molecule has 3 heteroatoms. The van der Waals surface area contributed by atoms with E-state index >= 15 is 0 Å². The molecule has 2 nitrogen and oxygen atoms in total. The molecule has 0 spiro atoms. The third-order valence-corrected chi connectivity index (χ3v) is 6.26. The van der Waals surface area contributed by atoms with Crippen molar-refractivity contribution in [1.29, 1.82) is 0 Å². The maximum Gasteiger partial charge on any atom is 0.293 e. The largest absolute Gasteiger partial charge is 0.519 e. The van der Waals surface area contributed by atoms with Crippen LogP contribution in [0.15, 0.2) is 0 Å². The van der Waals surface area contributed by atoms with E-state index in [1.165, 1.54) is 32.1 Å². The smallest absolute Gasteiger partial charge is 0.293 e. The van der Waals surface area contributed by atoms with Crippen molar-refractivity contribution in [3.63, 3.8) is 0 Å². The van der Waals surface area contributed by atoms with Crippen LogP contribution in [0.3, 0.4) is 0 Å². The average molecular weight is 199 g/mol. The Balaban J connectivity index is 2.50. The summed E-state index contributed by atoms with van der Waals surface area (Å²) in [6.07, 6.45) is 6.43. The quantitative estimate of drug-likeness (QED) is 0.639. The van der Waals surface area contributed by atoms with Crippen molar-refractivity contribution in [1.82, 2.24) is 0 Å². The van der Waals surface area contributed by atoms with Crippen LogP contribution in [-0.4, -0.2) is 14.3 Å². The minimum atomic E-state index is -1.78. The summed E-state index contributed by atoms with van der Waals surface area (Å²) in [5, 5.41) is 0. The third kappa shape index (κ3) is 3.14. The summed E-state index contributed by atoms with van der Waals surface area (Å²) in [7, 11) is -1.78. The summed E-state index contributed by atoms with van der Waals surface area (Å²) in [4.78, 5) is 10.8. The van der Waals surface area contributed by atoms with Crippen molar-refractivity contribution in [2.24, 2.45) is 0 Å². The van der Waals surface area contributed by atoms with Gasteiger partial charge < -0.3 is 4.43 Å². The van der Waals surface area contributed by atoms with E-state index < -0.39 is 8.32 Å². The molecule has 0 N–H and O–H groups in total. The molecular weight excluding hydrogens is 180 g/mol. The summed E-state index contributed by atoms with van der Waals surface area (Å²) in [5.41, 5.74) is 0.659. The zero-order valence-electron chi connectivity index (χ0n) is 8.64. The van der Waals surface area contributed by atoms with Gasteiger partial charge in [0.25, 0.3) is 14.3 Å². The molecule has 0 aromatic carbocycles. The van der Waals surface area contributed by atoms with E-state index in [0.717, 1.165) is 0 Å². The maximum atomic E-state index is 10.8. The van der Waals surface area contributed by atoms with Crippen molar-refractivity contribution in [2.75, 3.05) is 0 Å². The second kappa shape index (κ2) is 4.27. The van der Waals surface area contributed by atoms with Crippen molar-refractivity contribution in [3.8, 4) is 0 Å². The van der Waals surface area contributed by atoms with Gasteiger partial charge in [-0.25, -0.2) is 0 Å². The second-order valence-electron chi connectivity index (χ2n) is 4.41. The number of carbonyl (C=O) groups excluding carboxylic acids is 1. The van der Waals surface area contributed by atoms with E-state index in [1.54, 1.807) is 0 Å². The van der Waals surface area contributed by atoms with E-state index in [1.807, 2.05) is 0 Å². The third-order valence-electron chi connectivity index (χ3n) is 2.97. The molecule has 1 aliphatic rings.